The van der Waals surface area contributed by atoms with Gasteiger partial charge < -0.3 is 4.74 Å². The van der Waals surface area contributed by atoms with Gasteiger partial charge in [-0.05, 0) is 48.0 Å². The van der Waals surface area contributed by atoms with Crippen molar-refractivity contribution in [2.24, 2.45) is 0 Å². The van der Waals surface area contributed by atoms with Crippen LogP contribution in [0.4, 0.5) is 4.39 Å². The summed E-state index contributed by atoms with van der Waals surface area (Å²) in [7, 11) is 1.66. The Morgan fingerprint density at radius 1 is 1.04 bits per heavy atom. The molecule has 26 heavy (non-hydrogen) atoms. The average molecular weight is 365 g/mol. The number of fused-ring (bicyclic) bond motifs is 1. The number of benzene rings is 2. The van der Waals surface area contributed by atoms with E-state index in [1.165, 1.54) is 23.9 Å². The van der Waals surface area contributed by atoms with Gasteiger partial charge in [-0.15, -0.1) is 0 Å². The molecule has 6 heteroatoms. The second-order valence-electron chi connectivity index (χ2n) is 5.79. The first-order chi connectivity index (χ1) is 12.7. The van der Waals surface area contributed by atoms with Gasteiger partial charge in [0.2, 0.25) is 0 Å². The molecule has 0 saturated carbocycles. The van der Waals surface area contributed by atoms with Crippen LogP contribution >= 0.6 is 11.8 Å². The van der Waals surface area contributed by atoms with Crippen LogP contribution in [0.15, 0.2) is 76.9 Å². The summed E-state index contributed by atoms with van der Waals surface area (Å²) in [6.07, 6.45) is 3.67. The Morgan fingerprint density at radius 2 is 1.81 bits per heavy atom. The van der Waals surface area contributed by atoms with E-state index in [2.05, 4.69) is 10.1 Å². The van der Waals surface area contributed by atoms with Crippen LogP contribution in [0.5, 0.6) is 5.75 Å². The highest BCUT2D eigenvalue weighted by Crippen LogP contribution is 2.28. The van der Waals surface area contributed by atoms with E-state index >= 15 is 0 Å². The third kappa shape index (κ3) is 3.55. The monoisotopic (exact) mass is 365 g/mol. The Morgan fingerprint density at radius 3 is 2.54 bits per heavy atom. The topological polar surface area (TPSA) is 39.9 Å². The van der Waals surface area contributed by atoms with E-state index in [1.54, 1.807) is 19.2 Å². The van der Waals surface area contributed by atoms with E-state index in [4.69, 9.17) is 4.74 Å². The maximum absolute atomic E-state index is 13.0. The van der Waals surface area contributed by atoms with Crippen molar-refractivity contribution < 1.29 is 9.13 Å². The van der Waals surface area contributed by atoms with Crippen LogP contribution < -0.4 is 4.74 Å². The minimum Gasteiger partial charge on any atom is -0.497 e. The molecule has 130 valence electrons. The maximum atomic E-state index is 13.0. The molecule has 0 fully saturated rings. The quantitative estimate of drug-likeness (QED) is 0.510. The van der Waals surface area contributed by atoms with Gasteiger partial charge in [0.05, 0.1) is 31.6 Å². The highest BCUT2D eigenvalue weighted by molar-refractivity contribution is 7.99. The molecule has 0 unspecified atom stereocenters. The van der Waals surface area contributed by atoms with E-state index in [1.807, 2.05) is 47.4 Å². The predicted molar refractivity (Wildman–Crippen MR) is 100 cm³/mol. The highest BCUT2D eigenvalue weighted by Gasteiger charge is 2.07. The Balaban J connectivity index is 1.55. The van der Waals surface area contributed by atoms with E-state index < -0.39 is 0 Å². The van der Waals surface area contributed by atoms with E-state index in [0.29, 0.717) is 6.54 Å². The zero-order valence-electron chi connectivity index (χ0n) is 14.1. The van der Waals surface area contributed by atoms with Gasteiger partial charge in [0.1, 0.15) is 16.6 Å². The lowest BCUT2D eigenvalue weighted by Crippen LogP contribution is -2.01. The molecule has 0 aliphatic heterocycles. The summed E-state index contributed by atoms with van der Waals surface area (Å²) in [6, 6.07) is 16.3. The predicted octanol–water partition coefficient (Wildman–Crippen LogP) is 4.78. The molecule has 0 spiro atoms. The number of ether oxygens (including phenoxy) is 1. The normalized spacial score (nSPS) is 11.0. The Kier molecular flexibility index (Phi) is 4.58. The first-order valence-corrected chi connectivity index (χ1v) is 8.91. The standard InChI is InChI=1S/C20H16FN3OS/c1-25-17-6-2-14(3-7-17)13-24-19-12-22-20(10-15(19)11-23-24)26-18-8-4-16(21)5-9-18/h2-12H,13H2,1H3. The Hall–Kier alpha value is -2.86. The first kappa shape index (κ1) is 16.6. The Labute approximate surface area is 154 Å². The zero-order valence-corrected chi connectivity index (χ0v) is 14.9. The molecule has 2 heterocycles. The summed E-state index contributed by atoms with van der Waals surface area (Å²) in [6.45, 7) is 0.666. The first-order valence-electron chi connectivity index (χ1n) is 8.09. The van der Waals surface area contributed by atoms with Crippen molar-refractivity contribution >= 4 is 22.7 Å². The fourth-order valence-electron chi connectivity index (χ4n) is 2.67. The van der Waals surface area contributed by atoms with Crippen molar-refractivity contribution in [2.45, 2.75) is 16.5 Å². The van der Waals surface area contributed by atoms with Crippen LogP contribution in [-0.2, 0) is 6.54 Å². The van der Waals surface area contributed by atoms with E-state index in [9.17, 15) is 4.39 Å². The third-order valence-electron chi connectivity index (χ3n) is 4.03. The lowest BCUT2D eigenvalue weighted by atomic mass is 10.2. The van der Waals surface area contributed by atoms with Crippen molar-refractivity contribution in [1.29, 1.82) is 0 Å². The molecule has 0 saturated heterocycles. The van der Waals surface area contributed by atoms with E-state index in [-0.39, 0.29) is 5.82 Å². The molecule has 2 aromatic heterocycles. The van der Waals surface area contributed by atoms with Gasteiger partial charge in [-0.25, -0.2) is 9.37 Å². The minimum absolute atomic E-state index is 0.238. The SMILES string of the molecule is COc1ccc(Cn2ncc3cc(Sc4ccc(F)cc4)ncc32)cc1. The summed E-state index contributed by atoms with van der Waals surface area (Å²) >= 11 is 1.50. The van der Waals surface area contributed by atoms with Crippen LogP contribution in [-0.4, -0.2) is 21.9 Å². The van der Waals surface area contributed by atoms with E-state index in [0.717, 1.165) is 32.1 Å². The van der Waals surface area contributed by atoms with Crippen molar-refractivity contribution in [3.8, 4) is 5.75 Å². The Bertz CT molecular complexity index is 1030. The molecule has 4 rings (SSSR count). The fraction of sp³-hybridized carbons (Fsp3) is 0.100. The zero-order chi connectivity index (χ0) is 17.9. The second-order valence-corrected chi connectivity index (χ2v) is 6.88. The summed E-state index contributed by atoms with van der Waals surface area (Å²) in [5, 5.41) is 6.36. The van der Waals surface area contributed by atoms with Crippen LogP contribution in [0.1, 0.15) is 5.56 Å². The van der Waals surface area contributed by atoms with Crippen LogP contribution in [0.25, 0.3) is 10.9 Å². The number of halogens is 1. The number of hydrogen-bond donors (Lipinski definition) is 0. The number of hydrogen-bond acceptors (Lipinski definition) is 4. The molecule has 4 aromatic rings. The molecular weight excluding hydrogens is 349 g/mol. The van der Waals surface area contributed by atoms with Gasteiger partial charge in [-0.3, -0.25) is 4.68 Å². The number of methoxy groups -OCH3 is 1. The summed E-state index contributed by atoms with van der Waals surface area (Å²) < 4.78 is 20.1. The molecule has 0 bridgehead atoms. The fourth-order valence-corrected chi connectivity index (χ4v) is 3.47. The van der Waals surface area contributed by atoms with Gasteiger partial charge in [0, 0.05) is 10.3 Å². The minimum atomic E-state index is -0.238. The van der Waals surface area contributed by atoms with Crippen molar-refractivity contribution in [2.75, 3.05) is 7.11 Å². The molecular formula is C20H16FN3OS. The van der Waals surface area contributed by atoms with Gasteiger partial charge >= 0.3 is 0 Å². The number of nitrogens with zero attached hydrogens (tertiary/aromatic N) is 3. The van der Waals surface area contributed by atoms with Gasteiger partial charge in [-0.1, -0.05) is 23.9 Å². The van der Waals surface area contributed by atoms with Crippen LogP contribution in [0.2, 0.25) is 0 Å². The maximum Gasteiger partial charge on any atom is 0.123 e. The average Bonchev–Trinajstić information content (AvgIpc) is 3.06. The number of aromatic nitrogens is 3. The molecule has 0 aliphatic rings. The highest BCUT2D eigenvalue weighted by atomic mass is 32.2. The smallest absolute Gasteiger partial charge is 0.123 e. The van der Waals surface area contributed by atoms with Crippen molar-refractivity contribution in [1.82, 2.24) is 14.8 Å². The van der Waals surface area contributed by atoms with Crippen molar-refractivity contribution in [3.05, 3.63) is 78.4 Å². The molecule has 0 amide bonds. The largest absolute Gasteiger partial charge is 0.497 e. The van der Waals surface area contributed by atoms with Crippen LogP contribution in [0.3, 0.4) is 0 Å². The molecule has 0 N–H and O–H groups in total. The van der Waals surface area contributed by atoms with Crippen LogP contribution in [0, 0.1) is 5.82 Å². The van der Waals surface area contributed by atoms with Crippen molar-refractivity contribution in [3.63, 3.8) is 0 Å². The third-order valence-corrected chi connectivity index (χ3v) is 4.97. The number of pyridine rings is 1. The molecule has 0 atom stereocenters. The van der Waals surface area contributed by atoms with Gasteiger partial charge in [-0.2, -0.15) is 5.10 Å². The second kappa shape index (κ2) is 7.17. The molecule has 4 nitrogen and oxygen atoms in total. The summed E-state index contributed by atoms with van der Waals surface area (Å²) in [5.41, 5.74) is 2.12. The lowest BCUT2D eigenvalue weighted by molar-refractivity contribution is 0.414. The molecule has 0 aliphatic carbocycles. The summed E-state index contributed by atoms with van der Waals surface area (Å²) in [5.74, 6) is 0.598. The molecule has 2 aromatic carbocycles. The van der Waals surface area contributed by atoms with Gasteiger partial charge in [0.15, 0.2) is 0 Å². The summed E-state index contributed by atoms with van der Waals surface area (Å²) in [4.78, 5) is 5.46. The number of rotatable bonds is 5. The lowest BCUT2D eigenvalue weighted by Gasteiger charge is -2.06. The molecule has 0 radical (unpaired) electrons. The van der Waals surface area contributed by atoms with Gasteiger partial charge in [0.25, 0.3) is 0 Å².